The summed E-state index contributed by atoms with van der Waals surface area (Å²) in [6.45, 7) is 6.09. The molecule has 0 saturated carbocycles. The van der Waals surface area contributed by atoms with E-state index < -0.39 is 5.97 Å². The molecule has 1 fully saturated rings. The van der Waals surface area contributed by atoms with Crippen molar-refractivity contribution >= 4 is 23.5 Å². The number of esters is 1. The van der Waals surface area contributed by atoms with Crippen molar-refractivity contribution in [1.29, 1.82) is 0 Å². The topological polar surface area (TPSA) is 59.1 Å². The summed E-state index contributed by atoms with van der Waals surface area (Å²) in [5, 5.41) is 0.697. The SMILES string of the molecule is COC(=O)c1ccc(C(=O)N2CCN(C[C@H](OCc3cccc(C)c3)c3ccc(Cl)cc3)CC2)cc1. The number of methoxy groups -OCH3 is 1. The number of carbonyl (C=O) groups is 2. The summed E-state index contributed by atoms with van der Waals surface area (Å²) >= 11 is 6.11. The van der Waals surface area contributed by atoms with E-state index >= 15 is 0 Å². The lowest BCUT2D eigenvalue weighted by Gasteiger charge is -2.36. The van der Waals surface area contributed by atoms with Gasteiger partial charge in [-0.1, -0.05) is 53.6 Å². The van der Waals surface area contributed by atoms with Crippen LogP contribution in [0.15, 0.2) is 72.8 Å². The smallest absolute Gasteiger partial charge is 0.337 e. The number of benzene rings is 3. The minimum Gasteiger partial charge on any atom is -0.465 e. The number of amides is 1. The van der Waals surface area contributed by atoms with E-state index in [-0.39, 0.29) is 12.0 Å². The Morgan fingerprint density at radius 1 is 0.917 bits per heavy atom. The van der Waals surface area contributed by atoms with Crippen molar-refractivity contribution in [2.45, 2.75) is 19.6 Å². The van der Waals surface area contributed by atoms with Crippen molar-refractivity contribution in [2.24, 2.45) is 0 Å². The molecule has 0 spiro atoms. The second kappa shape index (κ2) is 12.2. The minimum absolute atomic E-state index is 0.0315. The highest BCUT2D eigenvalue weighted by Gasteiger charge is 2.25. The molecule has 1 atom stereocenters. The summed E-state index contributed by atoms with van der Waals surface area (Å²) in [7, 11) is 1.34. The molecule has 4 rings (SSSR count). The van der Waals surface area contributed by atoms with Gasteiger partial charge in [0.1, 0.15) is 0 Å². The van der Waals surface area contributed by atoms with Gasteiger partial charge in [-0.25, -0.2) is 4.79 Å². The molecular weight excluding hydrogens is 476 g/mol. The fourth-order valence-electron chi connectivity index (χ4n) is 4.35. The molecule has 0 aliphatic carbocycles. The fourth-order valence-corrected chi connectivity index (χ4v) is 4.47. The van der Waals surface area contributed by atoms with Gasteiger partial charge >= 0.3 is 5.97 Å². The lowest BCUT2D eigenvalue weighted by molar-refractivity contribution is 0.00341. The maximum Gasteiger partial charge on any atom is 0.337 e. The van der Waals surface area contributed by atoms with Gasteiger partial charge < -0.3 is 14.4 Å². The number of hydrogen-bond donors (Lipinski definition) is 0. The highest BCUT2D eigenvalue weighted by Crippen LogP contribution is 2.24. The van der Waals surface area contributed by atoms with Gasteiger partial charge in [0.15, 0.2) is 0 Å². The monoisotopic (exact) mass is 506 g/mol. The second-order valence-electron chi connectivity index (χ2n) is 9.00. The predicted molar refractivity (Wildman–Crippen MR) is 140 cm³/mol. The van der Waals surface area contributed by atoms with E-state index in [1.165, 1.54) is 12.7 Å². The molecule has 3 aromatic carbocycles. The molecule has 1 heterocycles. The highest BCUT2D eigenvalue weighted by atomic mass is 35.5. The van der Waals surface area contributed by atoms with Crippen LogP contribution in [-0.4, -0.2) is 61.5 Å². The molecule has 1 saturated heterocycles. The van der Waals surface area contributed by atoms with Crippen LogP contribution < -0.4 is 0 Å². The highest BCUT2D eigenvalue weighted by molar-refractivity contribution is 6.30. The minimum atomic E-state index is -0.414. The number of rotatable bonds is 8. The maximum absolute atomic E-state index is 13.0. The summed E-state index contributed by atoms with van der Waals surface area (Å²) in [6, 6.07) is 22.8. The average Bonchev–Trinajstić information content (AvgIpc) is 2.91. The van der Waals surface area contributed by atoms with Gasteiger partial charge in [0, 0.05) is 43.3 Å². The number of carbonyl (C=O) groups excluding carboxylic acids is 2. The van der Waals surface area contributed by atoms with Gasteiger partial charge in [-0.2, -0.15) is 0 Å². The van der Waals surface area contributed by atoms with Crippen LogP contribution in [0.5, 0.6) is 0 Å². The molecule has 188 valence electrons. The van der Waals surface area contributed by atoms with E-state index in [0.29, 0.717) is 35.8 Å². The molecule has 36 heavy (non-hydrogen) atoms. The first-order chi connectivity index (χ1) is 17.4. The van der Waals surface area contributed by atoms with Crippen molar-refractivity contribution in [3.63, 3.8) is 0 Å². The average molecular weight is 507 g/mol. The Labute approximate surface area is 217 Å². The van der Waals surface area contributed by atoms with Gasteiger partial charge in [-0.3, -0.25) is 9.69 Å². The van der Waals surface area contributed by atoms with Crippen LogP contribution in [0.4, 0.5) is 0 Å². The Hall–Kier alpha value is -3.19. The Morgan fingerprint density at radius 3 is 2.22 bits per heavy atom. The zero-order valence-electron chi connectivity index (χ0n) is 20.7. The standard InChI is InChI=1S/C29H31ClN2O4/c1-21-4-3-5-22(18-21)20-36-27(23-10-12-26(30)13-11-23)19-31-14-16-32(17-15-31)28(33)24-6-8-25(9-7-24)29(34)35-2/h3-13,18,27H,14-17,19-20H2,1-2H3/t27-/m0/s1. The van der Waals surface area contributed by atoms with Crippen molar-refractivity contribution < 1.29 is 19.1 Å². The number of ether oxygens (including phenoxy) is 2. The number of nitrogens with zero attached hydrogens (tertiary/aromatic N) is 2. The summed E-state index contributed by atoms with van der Waals surface area (Å²) in [4.78, 5) is 28.8. The lowest BCUT2D eigenvalue weighted by Crippen LogP contribution is -2.49. The van der Waals surface area contributed by atoms with Crippen LogP contribution in [0.2, 0.25) is 5.02 Å². The summed E-state index contributed by atoms with van der Waals surface area (Å²) < 4.78 is 11.1. The van der Waals surface area contributed by atoms with Gasteiger partial charge in [0.25, 0.3) is 5.91 Å². The molecule has 3 aromatic rings. The molecule has 0 N–H and O–H groups in total. The first-order valence-electron chi connectivity index (χ1n) is 12.1. The number of aryl methyl sites for hydroxylation is 1. The van der Waals surface area contributed by atoms with Crippen LogP contribution in [0, 0.1) is 6.92 Å². The van der Waals surface area contributed by atoms with Gasteiger partial charge in [-0.15, -0.1) is 0 Å². The quantitative estimate of drug-likeness (QED) is 0.395. The molecule has 0 radical (unpaired) electrons. The van der Waals surface area contributed by atoms with Crippen LogP contribution in [0.3, 0.4) is 0 Å². The maximum atomic E-state index is 13.0. The molecule has 0 bridgehead atoms. The third-order valence-electron chi connectivity index (χ3n) is 6.41. The molecule has 1 aliphatic rings. The molecule has 0 aromatic heterocycles. The van der Waals surface area contributed by atoms with Crippen LogP contribution >= 0.6 is 11.6 Å². The number of hydrogen-bond acceptors (Lipinski definition) is 5. The molecule has 6 nitrogen and oxygen atoms in total. The van der Waals surface area contributed by atoms with Crippen LogP contribution in [0.1, 0.15) is 43.5 Å². The van der Waals surface area contributed by atoms with Crippen molar-refractivity contribution in [3.8, 4) is 0 Å². The third kappa shape index (κ3) is 6.72. The first kappa shape index (κ1) is 25.9. The van der Waals surface area contributed by atoms with E-state index in [0.717, 1.165) is 30.8 Å². The summed E-state index contributed by atoms with van der Waals surface area (Å²) in [5.41, 5.74) is 4.42. The molecule has 1 aliphatic heterocycles. The second-order valence-corrected chi connectivity index (χ2v) is 9.44. The summed E-state index contributed by atoms with van der Waals surface area (Å²) in [6.07, 6.45) is -0.115. The molecule has 0 unspecified atom stereocenters. The van der Waals surface area contributed by atoms with Gasteiger partial charge in [0.05, 0.1) is 25.4 Å². The zero-order valence-corrected chi connectivity index (χ0v) is 21.4. The number of piperazine rings is 1. The molecule has 1 amide bonds. The first-order valence-corrected chi connectivity index (χ1v) is 12.4. The zero-order chi connectivity index (χ0) is 25.5. The van der Waals surface area contributed by atoms with Crippen molar-refractivity contribution in [2.75, 3.05) is 39.8 Å². The molecular formula is C29H31ClN2O4. The van der Waals surface area contributed by atoms with E-state index in [9.17, 15) is 9.59 Å². The third-order valence-corrected chi connectivity index (χ3v) is 6.66. The van der Waals surface area contributed by atoms with E-state index in [2.05, 4.69) is 30.0 Å². The van der Waals surface area contributed by atoms with Gasteiger partial charge in [-0.05, 0) is 54.4 Å². The molecule has 7 heteroatoms. The van der Waals surface area contributed by atoms with Gasteiger partial charge in [0.2, 0.25) is 0 Å². The van der Waals surface area contributed by atoms with Crippen molar-refractivity contribution in [3.05, 3.63) is 106 Å². The Morgan fingerprint density at radius 2 is 1.58 bits per heavy atom. The summed E-state index contributed by atoms with van der Waals surface area (Å²) in [5.74, 6) is -0.446. The van der Waals surface area contributed by atoms with Crippen LogP contribution in [0.25, 0.3) is 0 Å². The number of halogens is 1. The van der Waals surface area contributed by atoms with E-state index in [1.54, 1.807) is 24.3 Å². The normalized spacial score (nSPS) is 14.9. The fraction of sp³-hybridized carbons (Fsp3) is 0.310. The van der Waals surface area contributed by atoms with Crippen molar-refractivity contribution in [1.82, 2.24) is 9.80 Å². The van der Waals surface area contributed by atoms with Crippen LogP contribution in [-0.2, 0) is 16.1 Å². The Balaban J connectivity index is 1.36. The predicted octanol–water partition coefficient (Wildman–Crippen LogP) is 5.15. The lowest BCUT2D eigenvalue weighted by atomic mass is 10.1. The Kier molecular flexibility index (Phi) is 8.75. The largest absolute Gasteiger partial charge is 0.465 e. The van der Waals surface area contributed by atoms with E-state index in [1.807, 2.05) is 35.2 Å². The van der Waals surface area contributed by atoms with E-state index in [4.69, 9.17) is 21.1 Å². The Bertz CT molecular complexity index is 1170.